The quantitative estimate of drug-likeness (QED) is 0.703. The van der Waals surface area contributed by atoms with Crippen molar-refractivity contribution in [3.63, 3.8) is 0 Å². The average molecular weight is 480 g/mol. The van der Waals surface area contributed by atoms with E-state index in [4.69, 9.17) is 4.74 Å². The number of pyridine rings is 1. The van der Waals surface area contributed by atoms with Gasteiger partial charge in [0, 0.05) is 50.2 Å². The van der Waals surface area contributed by atoms with Crippen LogP contribution in [0.5, 0.6) is 0 Å². The fraction of sp³-hybridized carbons (Fsp3) is 0.565. The minimum absolute atomic E-state index is 0.0384. The first-order valence-corrected chi connectivity index (χ1v) is 11.4. The maximum absolute atomic E-state index is 13.0. The lowest BCUT2D eigenvalue weighted by Crippen LogP contribution is -2.59. The fourth-order valence-electron chi connectivity index (χ4n) is 4.24. The van der Waals surface area contributed by atoms with E-state index in [9.17, 15) is 22.8 Å². The lowest BCUT2D eigenvalue weighted by Gasteiger charge is -2.43. The molecule has 184 valence electrons. The summed E-state index contributed by atoms with van der Waals surface area (Å²) in [7, 11) is 0. The first kappa shape index (κ1) is 24.0. The summed E-state index contributed by atoms with van der Waals surface area (Å²) in [5.74, 6) is 1.21. The van der Waals surface area contributed by atoms with Gasteiger partial charge < -0.3 is 19.5 Å². The van der Waals surface area contributed by atoms with Gasteiger partial charge >= 0.3 is 12.3 Å². The van der Waals surface area contributed by atoms with Crippen molar-refractivity contribution < 1.29 is 22.7 Å². The van der Waals surface area contributed by atoms with Gasteiger partial charge in [-0.1, -0.05) is 0 Å². The summed E-state index contributed by atoms with van der Waals surface area (Å²) < 4.78 is 44.5. The number of nitrogens with zero attached hydrogens (tertiary/aromatic N) is 4. The third-order valence-corrected chi connectivity index (χ3v) is 6.28. The number of hydrogen-bond acceptors (Lipinski definition) is 6. The van der Waals surface area contributed by atoms with Crippen LogP contribution in [0.4, 0.5) is 23.9 Å². The Labute approximate surface area is 195 Å². The number of piperazine rings is 1. The highest BCUT2D eigenvalue weighted by Gasteiger charge is 2.36. The monoisotopic (exact) mass is 479 g/mol. The van der Waals surface area contributed by atoms with Crippen molar-refractivity contribution >= 4 is 12.0 Å². The first-order chi connectivity index (χ1) is 16.0. The van der Waals surface area contributed by atoms with Crippen molar-refractivity contribution in [2.75, 3.05) is 18.0 Å². The summed E-state index contributed by atoms with van der Waals surface area (Å²) in [6.45, 7) is 6.42. The molecule has 0 aromatic carbocycles. The highest BCUT2D eigenvalue weighted by atomic mass is 19.4. The number of aromatic amines is 1. The number of ether oxygens (including phenoxy) is 1. The molecule has 4 rings (SSSR count). The normalized spacial score (nSPS) is 21.9. The number of carbonyl (C=O) groups is 1. The number of carbonyl (C=O) groups excluding carboxylic acids is 1. The molecule has 2 aromatic heterocycles. The molecule has 0 spiro atoms. The van der Waals surface area contributed by atoms with E-state index in [2.05, 4.69) is 19.9 Å². The maximum atomic E-state index is 13.0. The van der Waals surface area contributed by atoms with E-state index < -0.39 is 29.5 Å². The largest absolute Gasteiger partial charge is 0.446 e. The van der Waals surface area contributed by atoms with E-state index in [1.807, 2.05) is 26.2 Å². The van der Waals surface area contributed by atoms with Gasteiger partial charge in [-0.25, -0.2) is 14.8 Å². The van der Waals surface area contributed by atoms with Crippen molar-refractivity contribution in [3.05, 3.63) is 51.7 Å². The van der Waals surface area contributed by atoms with Gasteiger partial charge in [-0.05, 0) is 56.7 Å². The summed E-state index contributed by atoms with van der Waals surface area (Å²) >= 11 is 0. The highest BCUT2D eigenvalue weighted by molar-refractivity contribution is 5.69. The smallest absolute Gasteiger partial charge is 0.421 e. The summed E-state index contributed by atoms with van der Waals surface area (Å²) in [5.41, 5.74) is -1.09. The zero-order valence-corrected chi connectivity index (χ0v) is 19.3. The van der Waals surface area contributed by atoms with Crippen LogP contribution in [-0.4, -0.2) is 57.2 Å². The Hall–Kier alpha value is -3.11. The molecule has 1 aliphatic carbocycles. The predicted octanol–water partition coefficient (Wildman–Crippen LogP) is 3.73. The van der Waals surface area contributed by atoms with Crippen molar-refractivity contribution in [3.8, 4) is 0 Å². The van der Waals surface area contributed by atoms with Gasteiger partial charge in [0.1, 0.15) is 11.7 Å². The minimum atomic E-state index is -4.75. The molecule has 2 fully saturated rings. The molecule has 1 N–H and O–H groups in total. The number of halogens is 3. The number of H-pyrrole nitrogens is 1. The van der Waals surface area contributed by atoms with Gasteiger partial charge in [0.2, 0.25) is 5.95 Å². The molecular formula is C23H28F3N5O3. The van der Waals surface area contributed by atoms with Gasteiger partial charge in [-0.3, -0.25) is 4.79 Å². The van der Waals surface area contributed by atoms with Crippen LogP contribution in [0.3, 0.4) is 0 Å². The van der Waals surface area contributed by atoms with Crippen LogP contribution in [0.25, 0.3) is 0 Å². The molecule has 3 atom stereocenters. The third-order valence-electron chi connectivity index (χ3n) is 6.28. The molecule has 1 saturated heterocycles. The number of amides is 1. The average Bonchev–Trinajstić information content (AvgIpc) is 3.61. The molecular weight excluding hydrogens is 451 g/mol. The number of rotatable bonds is 5. The molecule has 3 heterocycles. The van der Waals surface area contributed by atoms with Crippen LogP contribution < -0.4 is 10.5 Å². The Balaban J connectivity index is 1.35. The van der Waals surface area contributed by atoms with Gasteiger partial charge in [0.15, 0.2) is 0 Å². The van der Waals surface area contributed by atoms with E-state index in [-0.39, 0.29) is 24.1 Å². The second-order valence-electron chi connectivity index (χ2n) is 9.24. The van der Waals surface area contributed by atoms with Gasteiger partial charge in [-0.2, -0.15) is 13.2 Å². The summed E-state index contributed by atoms with van der Waals surface area (Å²) in [4.78, 5) is 39.1. The molecule has 1 amide bonds. The van der Waals surface area contributed by atoms with Gasteiger partial charge in [-0.15, -0.1) is 0 Å². The lowest BCUT2D eigenvalue weighted by molar-refractivity contribution is -0.138. The van der Waals surface area contributed by atoms with Crippen LogP contribution in [0.15, 0.2) is 29.5 Å². The molecule has 2 aliphatic rings. The Kier molecular flexibility index (Phi) is 6.55. The molecule has 8 nitrogen and oxygen atoms in total. The zero-order chi connectivity index (χ0) is 24.6. The van der Waals surface area contributed by atoms with E-state index >= 15 is 0 Å². The number of hydrogen-bond donors (Lipinski definition) is 1. The molecule has 0 radical (unpaired) electrons. The van der Waals surface area contributed by atoms with Crippen LogP contribution >= 0.6 is 0 Å². The summed E-state index contributed by atoms with van der Waals surface area (Å²) in [5, 5.41) is 0. The van der Waals surface area contributed by atoms with E-state index in [1.165, 1.54) is 19.0 Å². The zero-order valence-electron chi connectivity index (χ0n) is 19.3. The molecule has 34 heavy (non-hydrogen) atoms. The van der Waals surface area contributed by atoms with Crippen LogP contribution in [0, 0.1) is 0 Å². The van der Waals surface area contributed by atoms with Crippen molar-refractivity contribution in [2.24, 2.45) is 0 Å². The molecule has 1 saturated carbocycles. The summed E-state index contributed by atoms with van der Waals surface area (Å²) in [6, 6.07) is 0.577. The van der Waals surface area contributed by atoms with Crippen molar-refractivity contribution in [2.45, 2.75) is 70.3 Å². The SMILES string of the molecule is C[C@@H]1CN(c2ncc(C3CC3)cn2)[C@H](C)CN1C(=O)O[C@@H](C)Cc1c[nH]c(=O)c(C(F)(F)F)c1. The Morgan fingerprint density at radius 2 is 1.88 bits per heavy atom. The van der Waals surface area contributed by atoms with Gasteiger partial charge in [0.25, 0.3) is 5.56 Å². The third kappa shape index (κ3) is 5.34. The predicted molar refractivity (Wildman–Crippen MR) is 119 cm³/mol. The van der Waals surface area contributed by atoms with Crippen molar-refractivity contribution in [1.29, 1.82) is 0 Å². The molecule has 0 unspecified atom stereocenters. The van der Waals surface area contributed by atoms with Crippen LogP contribution in [0.2, 0.25) is 0 Å². The second kappa shape index (κ2) is 9.27. The maximum Gasteiger partial charge on any atom is 0.421 e. The fourth-order valence-corrected chi connectivity index (χ4v) is 4.24. The lowest BCUT2D eigenvalue weighted by atomic mass is 10.1. The molecule has 1 aliphatic heterocycles. The Morgan fingerprint density at radius 1 is 1.21 bits per heavy atom. The van der Waals surface area contributed by atoms with Gasteiger partial charge in [0.05, 0.1) is 0 Å². The standard InChI is InChI=1S/C23H28F3N5O3/c1-13-12-31(14(2)11-30(13)21-28-9-18(10-29-21)17-4-5-17)22(33)34-15(3)6-16-7-19(23(24,25)26)20(32)27-8-16/h7-10,13-15,17H,4-6,11-12H2,1-3H3,(H,27,32)/t13-,14-,15+/m1/s1. The van der Waals surface area contributed by atoms with Crippen LogP contribution in [0.1, 0.15) is 56.2 Å². The Morgan fingerprint density at radius 3 is 2.50 bits per heavy atom. The first-order valence-electron chi connectivity index (χ1n) is 11.4. The molecule has 0 bridgehead atoms. The number of alkyl halides is 3. The number of anilines is 1. The Bertz CT molecular complexity index is 1080. The topological polar surface area (TPSA) is 91.4 Å². The summed E-state index contributed by atoms with van der Waals surface area (Å²) in [6.07, 6.45) is 1.40. The van der Waals surface area contributed by atoms with Crippen LogP contribution in [-0.2, 0) is 17.3 Å². The van der Waals surface area contributed by atoms with E-state index in [0.717, 1.165) is 11.6 Å². The molecule has 11 heteroatoms. The molecule has 2 aromatic rings. The number of aromatic nitrogens is 3. The second-order valence-corrected chi connectivity index (χ2v) is 9.24. The highest BCUT2D eigenvalue weighted by Crippen LogP contribution is 2.39. The minimum Gasteiger partial charge on any atom is -0.446 e. The van der Waals surface area contributed by atoms with E-state index in [0.29, 0.717) is 25.0 Å². The number of nitrogens with one attached hydrogen (secondary N) is 1. The van der Waals surface area contributed by atoms with E-state index in [1.54, 1.807) is 11.8 Å². The van der Waals surface area contributed by atoms with Crippen molar-refractivity contribution in [1.82, 2.24) is 19.9 Å².